The van der Waals surface area contributed by atoms with Gasteiger partial charge in [-0.3, -0.25) is 4.79 Å². The number of halogens is 2. The fraction of sp³-hybridized carbons (Fsp3) is 0.235. The quantitative estimate of drug-likeness (QED) is 0.801. The molecule has 2 N–H and O–H groups in total. The lowest BCUT2D eigenvalue weighted by Crippen LogP contribution is -2.30. The average molecular weight is 385 g/mol. The number of rotatable bonds is 6. The monoisotopic (exact) mass is 384 g/mol. The Labute approximate surface area is 151 Å². The van der Waals surface area contributed by atoms with Crippen LogP contribution in [0.5, 0.6) is 0 Å². The number of carbonyl (C=O) groups excluding carboxylic acids is 1. The molecule has 2 rings (SSSR count). The molecule has 0 unspecified atom stereocenters. The summed E-state index contributed by atoms with van der Waals surface area (Å²) in [5, 5.41) is 3.23. The van der Waals surface area contributed by atoms with Crippen molar-refractivity contribution in [2.45, 2.75) is 19.4 Å². The third-order valence-electron chi connectivity index (χ3n) is 3.56. The Bertz CT molecular complexity index is 870. The van der Waals surface area contributed by atoms with Crippen LogP contribution in [0.3, 0.4) is 0 Å². The fourth-order valence-corrected chi connectivity index (χ4v) is 3.22. The molecule has 0 aliphatic rings. The molecule has 2 aromatic carbocycles. The van der Waals surface area contributed by atoms with E-state index in [-0.39, 0.29) is 6.42 Å². The van der Waals surface area contributed by atoms with Gasteiger partial charge in [0.2, 0.25) is 15.9 Å². The zero-order valence-electron chi connectivity index (χ0n) is 13.7. The molecule has 0 saturated heterocycles. The van der Waals surface area contributed by atoms with Gasteiger partial charge in [-0.25, -0.2) is 17.5 Å². The normalized spacial score (nSPS) is 12.6. The van der Waals surface area contributed by atoms with Gasteiger partial charge >= 0.3 is 0 Å². The molecule has 1 atom stereocenters. The number of amides is 1. The number of nitrogens with one attached hydrogen (secondary N) is 2. The van der Waals surface area contributed by atoms with Gasteiger partial charge in [-0.15, -0.1) is 0 Å². The van der Waals surface area contributed by atoms with Gasteiger partial charge in [0.05, 0.1) is 12.3 Å². The molecular weight excluding hydrogens is 367 g/mol. The van der Waals surface area contributed by atoms with Crippen LogP contribution in [0.25, 0.3) is 0 Å². The second-order valence-electron chi connectivity index (χ2n) is 5.66. The maximum Gasteiger partial charge on any atom is 0.226 e. The van der Waals surface area contributed by atoms with E-state index in [4.69, 9.17) is 11.6 Å². The van der Waals surface area contributed by atoms with E-state index in [0.717, 1.165) is 6.26 Å². The summed E-state index contributed by atoms with van der Waals surface area (Å²) >= 11 is 6.02. The first kappa shape index (κ1) is 19.4. The van der Waals surface area contributed by atoms with Gasteiger partial charge in [-0.1, -0.05) is 29.8 Å². The third-order valence-corrected chi connectivity index (χ3v) is 4.68. The van der Waals surface area contributed by atoms with Gasteiger partial charge in [-0.2, -0.15) is 0 Å². The number of carbonyl (C=O) groups is 1. The molecule has 1 amide bonds. The van der Waals surface area contributed by atoms with Crippen LogP contribution >= 0.6 is 11.6 Å². The minimum atomic E-state index is -3.56. The number of hydrogen-bond acceptors (Lipinski definition) is 3. The Balaban J connectivity index is 2.19. The second kappa shape index (κ2) is 7.95. The molecule has 2 aromatic rings. The zero-order chi connectivity index (χ0) is 18.6. The highest BCUT2D eigenvalue weighted by atomic mass is 35.5. The summed E-state index contributed by atoms with van der Waals surface area (Å²) in [5.41, 5.74) is 1.76. The van der Waals surface area contributed by atoms with E-state index in [1.54, 1.807) is 25.1 Å². The zero-order valence-corrected chi connectivity index (χ0v) is 15.3. The van der Waals surface area contributed by atoms with Crippen molar-refractivity contribution in [1.29, 1.82) is 0 Å². The molecule has 0 spiro atoms. The van der Waals surface area contributed by atoms with Crippen LogP contribution in [0.4, 0.5) is 10.1 Å². The first-order chi connectivity index (χ1) is 11.7. The second-order valence-corrected chi connectivity index (χ2v) is 7.85. The maximum atomic E-state index is 13.1. The molecule has 0 radical (unpaired) electrons. The summed E-state index contributed by atoms with van der Waals surface area (Å²) in [6.07, 6.45) is 0.854. The highest BCUT2D eigenvalue weighted by molar-refractivity contribution is 7.88. The maximum absolute atomic E-state index is 13.1. The van der Waals surface area contributed by atoms with Crippen molar-refractivity contribution in [3.8, 4) is 0 Å². The number of sulfonamides is 1. The van der Waals surface area contributed by atoms with Crippen LogP contribution < -0.4 is 10.0 Å². The minimum absolute atomic E-state index is 0.148. The highest BCUT2D eigenvalue weighted by Gasteiger charge is 2.20. The van der Waals surface area contributed by atoms with Crippen molar-refractivity contribution in [3.63, 3.8) is 0 Å². The molecule has 0 aliphatic heterocycles. The van der Waals surface area contributed by atoms with E-state index in [0.29, 0.717) is 21.8 Å². The molecule has 25 heavy (non-hydrogen) atoms. The van der Waals surface area contributed by atoms with E-state index < -0.39 is 27.8 Å². The summed E-state index contributed by atoms with van der Waals surface area (Å²) < 4.78 is 38.7. The molecule has 0 aliphatic carbocycles. The summed E-state index contributed by atoms with van der Waals surface area (Å²) in [6, 6.07) is 9.62. The van der Waals surface area contributed by atoms with Crippen molar-refractivity contribution >= 4 is 33.2 Å². The highest BCUT2D eigenvalue weighted by Crippen LogP contribution is 2.24. The molecule has 5 nitrogen and oxygen atoms in total. The fourth-order valence-electron chi connectivity index (χ4n) is 2.31. The van der Waals surface area contributed by atoms with Gasteiger partial charge in [0, 0.05) is 17.1 Å². The van der Waals surface area contributed by atoms with Gasteiger partial charge < -0.3 is 5.32 Å². The lowest BCUT2D eigenvalue weighted by Gasteiger charge is -2.18. The molecule has 0 heterocycles. The van der Waals surface area contributed by atoms with Crippen molar-refractivity contribution in [2.24, 2.45) is 0 Å². The largest absolute Gasteiger partial charge is 0.326 e. The predicted molar refractivity (Wildman–Crippen MR) is 96.6 cm³/mol. The molecule has 0 bridgehead atoms. The lowest BCUT2D eigenvalue weighted by atomic mass is 10.0. The van der Waals surface area contributed by atoms with E-state index in [2.05, 4.69) is 10.0 Å². The lowest BCUT2D eigenvalue weighted by molar-refractivity contribution is -0.116. The van der Waals surface area contributed by atoms with Crippen LogP contribution in [-0.2, 0) is 14.8 Å². The first-order valence-electron chi connectivity index (χ1n) is 7.43. The van der Waals surface area contributed by atoms with Crippen LogP contribution in [0, 0.1) is 12.7 Å². The Hall–Kier alpha value is -1.96. The van der Waals surface area contributed by atoms with Crippen LogP contribution in [-0.4, -0.2) is 20.6 Å². The Morgan fingerprint density at radius 2 is 1.84 bits per heavy atom. The van der Waals surface area contributed by atoms with Crippen molar-refractivity contribution in [1.82, 2.24) is 4.72 Å². The van der Waals surface area contributed by atoms with Gasteiger partial charge in [-0.05, 0) is 42.3 Å². The molecule has 134 valence electrons. The standard InChI is InChI=1S/C17H18ClFN2O3S/c1-11-14(18)4-3-5-15(11)20-17(22)10-16(21-25(2,23)24)12-6-8-13(19)9-7-12/h3-9,16,21H,10H2,1-2H3,(H,20,22)/t16-/m0/s1. The number of benzene rings is 2. The molecule has 8 heteroatoms. The summed E-state index contributed by atoms with van der Waals surface area (Å²) in [7, 11) is -3.56. The number of anilines is 1. The topological polar surface area (TPSA) is 75.3 Å². The van der Waals surface area contributed by atoms with E-state index in [1.165, 1.54) is 24.3 Å². The molecule has 0 fully saturated rings. The van der Waals surface area contributed by atoms with Gasteiger partial charge in [0.1, 0.15) is 5.82 Å². The summed E-state index contributed by atoms with van der Waals surface area (Å²) in [6.45, 7) is 1.77. The van der Waals surface area contributed by atoms with E-state index in [1.807, 2.05) is 0 Å². The van der Waals surface area contributed by atoms with Crippen LogP contribution in [0.1, 0.15) is 23.6 Å². The Morgan fingerprint density at radius 3 is 2.44 bits per heavy atom. The predicted octanol–water partition coefficient (Wildman–Crippen LogP) is 3.41. The Kier molecular flexibility index (Phi) is 6.16. The van der Waals surface area contributed by atoms with Gasteiger partial charge in [0.25, 0.3) is 0 Å². The SMILES string of the molecule is Cc1c(Cl)cccc1NC(=O)C[C@H](NS(C)(=O)=O)c1ccc(F)cc1. The molecule has 0 aromatic heterocycles. The first-order valence-corrected chi connectivity index (χ1v) is 9.70. The van der Waals surface area contributed by atoms with E-state index >= 15 is 0 Å². The smallest absolute Gasteiger partial charge is 0.226 e. The summed E-state index contributed by atoms with van der Waals surface area (Å²) in [4.78, 5) is 12.3. The van der Waals surface area contributed by atoms with Crippen molar-refractivity contribution < 1.29 is 17.6 Å². The van der Waals surface area contributed by atoms with Crippen LogP contribution in [0.15, 0.2) is 42.5 Å². The van der Waals surface area contributed by atoms with Gasteiger partial charge in [0.15, 0.2) is 0 Å². The van der Waals surface area contributed by atoms with Crippen molar-refractivity contribution in [3.05, 3.63) is 64.4 Å². The third kappa shape index (κ3) is 5.81. The Morgan fingerprint density at radius 1 is 1.20 bits per heavy atom. The number of hydrogen-bond donors (Lipinski definition) is 2. The molecular formula is C17H18ClFN2O3S. The minimum Gasteiger partial charge on any atom is -0.326 e. The van der Waals surface area contributed by atoms with Crippen LogP contribution in [0.2, 0.25) is 5.02 Å². The molecule has 0 saturated carbocycles. The average Bonchev–Trinajstić information content (AvgIpc) is 2.50. The van der Waals surface area contributed by atoms with E-state index in [9.17, 15) is 17.6 Å². The summed E-state index contributed by atoms with van der Waals surface area (Å²) in [5.74, 6) is -0.836. The van der Waals surface area contributed by atoms with Crippen molar-refractivity contribution in [2.75, 3.05) is 11.6 Å².